The van der Waals surface area contributed by atoms with Gasteiger partial charge in [0.25, 0.3) is 0 Å². The zero-order chi connectivity index (χ0) is 17.5. The zero-order valence-corrected chi connectivity index (χ0v) is 14.8. The molecule has 0 radical (unpaired) electrons. The van der Waals surface area contributed by atoms with Crippen LogP contribution in [0.4, 0.5) is 0 Å². The molecule has 130 valence electrons. The van der Waals surface area contributed by atoms with Crippen LogP contribution in [-0.4, -0.2) is 60.3 Å². The van der Waals surface area contributed by atoms with E-state index in [2.05, 4.69) is 4.98 Å². The number of sulfone groups is 1. The van der Waals surface area contributed by atoms with Crippen LogP contribution in [0.3, 0.4) is 0 Å². The van der Waals surface area contributed by atoms with Gasteiger partial charge < -0.3 is 14.2 Å². The van der Waals surface area contributed by atoms with Crippen molar-refractivity contribution in [1.29, 1.82) is 0 Å². The fourth-order valence-electron chi connectivity index (χ4n) is 3.11. The van der Waals surface area contributed by atoms with Gasteiger partial charge in [-0.1, -0.05) is 12.1 Å². The summed E-state index contributed by atoms with van der Waals surface area (Å²) in [4.78, 5) is 18.6. The second-order valence-corrected chi connectivity index (χ2v) is 8.21. The first kappa shape index (κ1) is 16.9. The third-order valence-corrected chi connectivity index (χ3v) is 4.99. The van der Waals surface area contributed by atoms with Crippen molar-refractivity contribution < 1.29 is 17.9 Å². The molecule has 0 bridgehead atoms. The molecule has 7 nitrogen and oxygen atoms in total. The molecule has 0 aliphatic carbocycles. The van der Waals surface area contributed by atoms with Gasteiger partial charge in [0.15, 0.2) is 0 Å². The first-order valence-corrected chi connectivity index (χ1v) is 9.73. The quantitative estimate of drug-likeness (QED) is 0.826. The van der Waals surface area contributed by atoms with Crippen molar-refractivity contribution >= 4 is 26.8 Å². The number of hydrogen-bond donors (Lipinski definition) is 0. The van der Waals surface area contributed by atoms with E-state index < -0.39 is 9.84 Å². The van der Waals surface area contributed by atoms with Gasteiger partial charge >= 0.3 is 0 Å². The third-order valence-electron chi connectivity index (χ3n) is 4.02. The van der Waals surface area contributed by atoms with Crippen molar-refractivity contribution in [2.45, 2.75) is 37.8 Å². The van der Waals surface area contributed by atoms with Gasteiger partial charge in [-0.15, -0.1) is 0 Å². The Morgan fingerprint density at radius 2 is 1.88 bits per heavy atom. The molecule has 2 aromatic rings. The summed E-state index contributed by atoms with van der Waals surface area (Å²) in [6.07, 6.45) is 1.03. The van der Waals surface area contributed by atoms with Crippen molar-refractivity contribution in [2.75, 3.05) is 19.3 Å². The van der Waals surface area contributed by atoms with E-state index in [4.69, 9.17) is 4.74 Å². The molecule has 2 heterocycles. The number of para-hydroxylation sites is 2. The summed E-state index contributed by atoms with van der Waals surface area (Å²) >= 11 is 0. The Hall–Kier alpha value is -1.93. The normalized spacial score (nSPS) is 22.0. The second kappa shape index (κ2) is 6.18. The molecule has 8 heteroatoms. The minimum absolute atomic E-state index is 0.0355. The molecular weight excluding hydrogens is 330 g/mol. The molecule has 1 saturated heterocycles. The molecule has 2 atom stereocenters. The summed E-state index contributed by atoms with van der Waals surface area (Å²) in [6, 6.07) is 7.10. The highest BCUT2D eigenvalue weighted by Gasteiger charge is 2.28. The molecular formula is C16H21N3O4S. The first-order valence-electron chi connectivity index (χ1n) is 7.84. The van der Waals surface area contributed by atoms with E-state index in [1.165, 1.54) is 4.57 Å². The number of aromatic nitrogens is 2. The number of carbonyl (C=O) groups excluding carboxylic acids is 1. The average Bonchev–Trinajstić information content (AvgIpc) is 2.85. The Morgan fingerprint density at radius 1 is 1.25 bits per heavy atom. The summed E-state index contributed by atoms with van der Waals surface area (Å²) in [5.41, 5.74) is 1.20. The third kappa shape index (κ3) is 3.29. The fraction of sp³-hybridized carbons (Fsp3) is 0.500. The Bertz CT molecular complexity index is 865. The van der Waals surface area contributed by atoms with E-state index in [-0.39, 0.29) is 29.8 Å². The van der Waals surface area contributed by atoms with Crippen molar-refractivity contribution in [1.82, 2.24) is 14.5 Å². The van der Waals surface area contributed by atoms with Crippen molar-refractivity contribution in [3.05, 3.63) is 24.3 Å². The molecule has 1 aliphatic heterocycles. The van der Waals surface area contributed by atoms with E-state index in [0.717, 1.165) is 6.26 Å². The predicted molar refractivity (Wildman–Crippen MR) is 89.4 cm³/mol. The monoisotopic (exact) mass is 351 g/mol. The number of fused-ring (bicyclic) bond motifs is 1. The lowest BCUT2D eigenvalue weighted by molar-refractivity contribution is -0.143. The van der Waals surface area contributed by atoms with Gasteiger partial charge in [-0.25, -0.2) is 13.4 Å². The summed E-state index contributed by atoms with van der Waals surface area (Å²) < 4.78 is 31.2. The molecule has 1 aromatic carbocycles. The number of hydrogen-bond acceptors (Lipinski definition) is 5. The van der Waals surface area contributed by atoms with Gasteiger partial charge in [0, 0.05) is 19.3 Å². The number of carbonyl (C=O) groups is 1. The van der Waals surface area contributed by atoms with Crippen LogP contribution in [0.15, 0.2) is 29.4 Å². The molecule has 1 fully saturated rings. The smallest absolute Gasteiger partial charge is 0.242 e. The Morgan fingerprint density at radius 3 is 2.50 bits per heavy atom. The van der Waals surface area contributed by atoms with Gasteiger partial charge in [-0.05, 0) is 26.0 Å². The Balaban J connectivity index is 1.96. The van der Waals surface area contributed by atoms with Gasteiger partial charge in [0.2, 0.25) is 20.9 Å². The number of rotatable bonds is 3. The van der Waals surface area contributed by atoms with Crippen molar-refractivity contribution in [3.63, 3.8) is 0 Å². The number of morpholine rings is 1. The van der Waals surface area contributed by atoms with E-state index in [0.29, 0.717) is 24.1 Å². The number of nitrogens with zero attached hydrogens (tertiary/aromatic N) is 3. The van der Waals surface area contributed by atoms with Crippen LogP contribution in [0.2, 0.25) is 0 Å². The molecule has 1 aromatic heterocycles. The van der Waals surface area contributed by atoms with Gasteiger partial charge in [0.1, 0.15) is 6.54 Å². The van der Waals surface area contributed by atoms with Crippen molar-refractivity contribution in [2.24, 2.45) is 0 Å². The van der Waals surface area contributed by atoms with Gasteiger partial charge in [0.05, 0.1) is 23.2 Å². The Labute approximate surface area is 141 Å². The van der Waals surface area contributed by atoms with Crippen LogP contribution in [-0.2, 0) is 25.9 Å². The highest BCUT2D eigenvalue weighted by molar-refractivity contribution is 7.90. The minimum Gasteiger partial charge on any atom is -0.372 e. The highest BCUT2D eigenvalue weighted by Crippen LogP contribution is 2.20. The number of ether oxygens (including phenoxy) is 1. The maximum Gasteiger partial charge on any atom is 0.242 e. The van der Waals surface area contributed by atoms with Crippen LogP contribution in [0, 0.1) is 0 Å². The average molecular weight is 351 g/mol. The highest BCUT2D eigenvalue weighted by atomic mass is 32.2. The van der Waals surface area contributed by atoms with Crippen molar-refractivity contribution in [3.8, 4) is 0 Å². The molecule has 1 amide bonds. The number of benzene rings is 1. The lowest BCUT2D eigenvalue weighted by Gasteiger charge is -2.35. The lowest BCUT2D eigenvalue weighted by Crippen LogP contribution is -2.49. The van der Waals surface area contributed by atoms with Crippen LogP contribution in [0.5, 0.6) is 0 Å². The topological polar surface area (TPSA) is 81.5 Å². The zero-order valence-electron chi connectivity index (χ0n) is 14.0. The molecule has 0 saturated carbocycles. The molecule has 0 N–H and O–H groups in total. The number of amides is 1. The SMILES string of the molecule is C[C@@H]1CN(C(=O)Cn2c(S(C)(=O)=O)nc3ccccc32)C[C@H](C)O1. The maximum absolute atomic E-state index is 12.7. The summed E-state index contributed by atoms with van der Waals surface area (Å²) in [7, 11) is -3.54. The standard InChI is InChI=1S/C16H21N3O4S/c1-11-8-18(9-12(2)23-11)15(20)10-19-14-7-5-4-6-13(14)17-16(19)24(3,21)22/h4-7,11-12H,8-10H2,1-3H3/t11-,12+. The minimum atomic E-state index is -3.54. The van der Waals surface area contributed by atoms with E-state index in [1.807, 2.05) is 13.8 Å². The lowest BCUT2D eigenvalue weighted by atomic mass is 10.2. The van der Waals surface area contributed by atoms with E-state index >= 15 is 0 Å². The first-order chi connectivity index (χ1) is 11.3. The van der Waals surface area contributed by atoms with Gasteiger partial charge in [-0.2, -0.15) is 0 Å². The van der Waals surface area contributed by atoms with E-state index in [1.54, 1.807) is 29.2 Å². The molecule has 0 spiro atoms. The second-order valence-electron chi connectivity index (χ2n) is 6.30. The van der Waals surface area contributed by atoms with Crippen LogP contribution >= 0.6 is 0 Å². The molecule has 24 heavy (non-hydrogen) atoms. The number of imidazole rings is 1. The maximum atomic E-state index is 12.7. The predicted octanol–water partition coefficient (Wildman–Crippen LogP) is 1.08. The largest absolute Gasteiger partial charge is 0.372 e. The summed E-state index contributed by atoms with van der Waals surface area (Å²) in [6.45, 7) is 4.80. The van der Waals surface area contributed by atoms with Crippen LogP contribution < -0.4 is 0 Å². The van der Waals surface area contributed by atoms with E-state index in [9.17, 15) is 13.2 Å². The van der Waals surface area contributed by atoms with Gasteiger partial charge in [-0.3, -0.25) is 4.79 Å². The molecule has 1 aliphatic rings. The van der Waals surface area contributed by atoms with Crippen LogP contribution in [0.25, 0.3) is 11.0 Å². The molecule has 3 rings (SSSR count). The summed E-state index contributed by atoms with van der Waals surface area (Å²) in [5, 5.41) is -0.0774. The van der Waals surface area contributed by atoms with Crippen LogP contribution in [0.1, 0.15) is 13.8 Å². The summed E-state index contributed by atoms with van der Waals surface area (Å²) in [5.74, 6) is -0.134. The fourth-order valence-corrected chi connectivity index (χ4v) is 3.93. The Kier molecular flexibility index (Phi) is 4.35. The molecule has 0 unspecified atom stereocenters.